The van der Waals surface area contributed by atoms with Crippen molar-refractivity contribution in [1.29, 1.82) is 0 Å². The molecule has 4 heterocycles. The summed E-state index contributed by atoms with van der Waals surface area (Å²) in [5.41, 5.74) is 1.69. The number of amides is 3. The number of hydrogen-bond donors (Lipinski definition) is 3. The Labute approximate surface area is 361 Å². The van der Waals surface area contributed by atoms with Crippen molar-refractivity contribution in [2.45, 2.75) is 165 Å². The number of likely N-dealkylation sites (tertiary alicyclic amines) is 2. The molecule has 2 saturated heterocycles. The fourth-order valence-electron chi connectivity index (χ4n) is 9.79. The Hall–Kier alpha value is -3.96. The van der Waals surface area contributed by atoms with Crippen LogP contribution in [-0.4, -0.2) is 140 Å². The Bertz CT molecular complexity index is 1640. The summed E-state index contributed by atoms with van der Waals surface area (Å²) in [4.78, 5) is 65.3. The minimum atomic E-state index is -0.880. The maximum absolute atomic E-state index is 12.8. The SMILES string of the molecule is CN(C)C1CCN(C(=O)c2noc([C@H](CCCC3CCCCC3)CC(=O)NO)n2)CC1.CN(C)C1CCN(C(=O)c2noc([C@H](CCCC3CCCCC3)CC(=O)O)n2)CC1. The van der Waals surface area contributed by atoms with E-state index in [2.05, 4.69) is 58.3 Å². The van der Waals surface area contributed by atoms with Gasteiger partial charge in [-0.05, 0) is 78.6 Å². The van der Waals surface area contributed by atoms with Gasteiger partial charge in [0.1, 0.15) is 0 Å². The molecule has 2 aromatic rings. The molecule has 0 spiro atoms. The van der Waals surface area contributed by atoms with Crippen LogP contribution in [0.5, 0.6) is 0 Å². The van der Waals surface area contributed by atoms with E-state index in [4.69, 9.17) is 14.3 Å². The van der Waals surface area contributed by atoms with Crippen LogP contribution in [0.25, 0.3) is 0 Å². The van der Waals surface area contributed by atoms with Crippen LogP contribution in [0.1, 0.15) is 186 Å². The number of hydrogen-bond acceptors (Lipinski definition) is 13. The molecular weight excluding hydrogens is 783 g/mol. The lowest BCUT2D eigenvalue weighted by Gasteiger charge is -2.34. The van der Waals surface area contributed by atoms with Gasteiger partial charge < -0.3 is 33.8 Å². The first-order valence-corrected chi connectivity index (χ1v) is 23.1. The van der Waals surface area contributed by atoms with Crippen LogP contribution >= 0.6 is 0 Å². The van der Waals surface area contributed by atoms with Crippen LogP contribution in [-0.2, 0) is 9.59 Å². The van der Waals surface area contributed by atoms with Crippen LogP contribution < -0.4 is 5.48 Å². The molecule has 4 fully saturated rings. The van der Waals surface area contributed by atoms with Crippen molar-refractivity contribution in [3.63, 3.8) is 0 Å². The number of carboxylic acids is 1. The summed E-state index contributed by atoms with van der Waals surface area (Å²) in [6.45, 7) is 2.68. The Kier molecular flexibility index (Phi) is 19.4. The van der Waals surface area contributed by atoms with Gasteiger partial charge in [-0.3, -0.25) is 24.4 Å². The molecule has 342 valence electrons. The molecule has 2 aliphatic heterocycles. The number of hydroxylamine groups is 1. The monoisotopic (exact) mass is 856 g/mol. The van der Waals surface area contributed by atoms with Crippen LogP contribution in [0.15, 0.2) is 9.05 Å². The van der Waals surface area contributed by atoms with Crippen LogP contribution in [0.3, 0.4) is 0 Å². The largest absolute Gasteiger partial charge is 0.481 e. The summed E-state index contributed by atoms with van der Waals surface area (Å²) >= 11 is 0. The lowest BCUT2D eigenvalue weighted by atomic mass is 9.84. The van der Waals surface area contributed by atoms with Gasteiger partial charge in [-0.15, -0.1) is 0 Å². The van der Waals surface area contributed by atoms with Crippen molar-refractivity contribution in [2.75, 3.05) is 54.4 Å². The third-order valence-electron chi connectivity index (χ3n) is 13.7. The van der Waals surface area contributed by atoms with Gasteiger partial charge in [-0.2, -0.15) is 9.97 Å². The molecule has 0 radical (unpaired) electrons. The van der Waals surface area contributed by atoms with Gasteiger partial charge in [-0.25, -0.2) is 5.48 Å². The number of piperidine rings is 2. The Morgan fingerprint density at radius 3 is 1.39 bits per heavy atom. The summed E-state index contributed by atoms with van der Waals surface area (Å²) in [5, 5.41) is 26.1. The number of carboxylic acid groups (broad SMARTS) is 1. The van der Waals surface area contributed by atoms with Crippen molar-refractivity contribution in [3.8, 4) is 0 Å². The van der Waals surface area contributed by atoms with E-state index in [0.29, 0.717) is 57.0 Å². The van der Waals surface area contributed by atoms with Crippen molar-refractivity contribution in [2.24, 2.45) is 11.8 Å². The van der Waals surface area contributed by atoms with Gasteiger partial charge in [0.05, 0.1) is 6.42 Å². The third-order valence-corrected chi connectivity index (χ3v) is 13.7. The molecule has 61 heavy (non-hydrogen) atoms. The molecule has 3 N–H and O–H groups in total. The lowest BCUT2D eigenvalue weighted by molar-refractivity contribution is -0.137. The molecule has 17 nitrogen and oxygen atoms in total. The highest BCUT2D eigenvalue weighted by molar-refractivity contribution is 5.91. The average molecular weight is 856 g/mol. The Morgan fingerprint density at radius 1 is 0.639 bits per heavy atom. The van der Waals surface area contributed by atoms with Crippen molar-refractivity contribution >= 4 is 23.7 Å². The number of aliphatic carboxylic acids is 1. The van der Waals surface area contributed by atoms with E-state index < -0.39 is 11.9 Å². The van der Waals surface area contributed by atoms with Crippen LogP contribution in [0, 0.1) is 11.8 Å². The summed E-state index contributed by atoms with van der Waals surface area (Å²) in [5.74, 6) is -0.237. The van der Waals surface area contributed by atoms with E-state index in [1.54, 1.807) is 15.3 Å². The van der Waals surface area contributed by atoms with E-state index in [0.717, 1.165) is 63.2 Å². The Balaban J connectivity index is 0.000000231. The number of nitrogens with one attached hydrogen (secondary N) is 1. The van der Waals surface area contributed by atoms with E-state index in [-0.39, 0.29) is 54.0 Å². The topological polar surface area (TPSA) is 212 Å². The molecule has 0 aromatic carbocycles. The lowest BCUT2D eigenvalue weighted by Crippen LogP contribution is -2.44. The molecule has 3 amide bonds. The zero-order valence-corrected chi connectivity index (χ0v) is 37.3. The first kappa shape index (κ1) is 48.1. The second-order valence-corrected chi connectivity index (χ2v) is 18.5. The summed E-state index contributed by atoms with van der Waals surface area (Å²) < 4.78 is 10.8. The van der Waals surface area contributed by atoms with E-state index in [1.165, 1.54) is 64.2 Å². The van der Waals surface area contributed by atoms with Crippen LogP contribution in [0.4, 0.5) is 0 Å². The molecule has 2 atom stereocenters. The summed E-state index contributed by atoms with van der Waals surface area (Å²) in [6.07, 6.45) is 22.3. The number of rotatable bonds is 18. The van der Waals surface area contributed by atoms with Crippen molar-refractivity contribution in [1.82, 2.24) is 45.4 Å². The molecule has 17 heteroatoms. The normalized spacial score (nSPS) is 19.7. The first-order valence-electron chi connectivity index (χ1n) is 23.1. The highest BCUT2D eigenvalue weighted by atomic mass is 16.5. The number of nitrogens with zero attached hydrogens (tertiary/aromatic N) is 8. The zero-order chi connectivity index (χ0) is 43.7. The molecule has 2 saturated carbocycles. The Morgan fingerprint density at radius 2 is 1.03 bits per heavy atom. The molecule has 0 bridgehead atoms. The molecule has 2 aliphatic carbocycles. The van der Waals surface area contributed by atoms with E-state index in [1.807, 2.05) is 0 Å². The smallest absolute Gasteiger partial charge is 0.304 e. The number of carbonyl (C=O) groups excluding carboxylic acids is 3. The third kappa shape index (κ3) is 15.1. The van der Waals surface area contributed by atoms with Gasteiger partial charge in [-0.1, -0.05) is 100 Å². The molecule has 6 rings (SSSR count). The number of aromatic nitrogens is 4. The van der Waals surface area contributed by atoms with Crippen molar-refractivity contribution < 1.29 is 38.5 Å². The summed E-state index contributed by atoms with van der Waals surface area (Å²) in [6, 6.07) is 0.967. The van der Waals surface area contributed by atoms with Gasteiger partial charge in [0.25, 0.3) is 23.5 Å². The highest BCUT2D eigenvalue weighted by Crippen LogP contribution is 2.33. The van der Waals surface area contributed by atoms with Gasteiger partial charge in [0, 0.05) is 56.5 Å². The molecule has 2 aromatic heterocycles. The fourth-order valence-corrected chi connectivity index (χ4v) is 9.79. The van der Waals surface area contributed by atoms with E-state index >= 15 is 0 Å². The predicted octanol–water partition coefficient (Wildman–Crippen LogP) is 6.51. The number of carbonyl (C=O) groups is 4. The predicted molar refractivity (Wildman–Crippen MR) is 227 cm³/mol. The van der Waals surface area contributed by atoms with Crippen LogP contribution in [0.2, 0.25) is 0 Å². The van der Waals surface area contributed by atoms with Gasteiger partial charge in [0.2, 0.25) is 17.7 Å². The molecular formula is C44H73N9O8. The fraction of sp³-hybridized carbons (Fsp3) is 0.818. The maximum atomic E-state index is 12.8. The quantitative estimate of drug-likeness (QED) is 0.108. The minimum absolute atomic E-state index is 0.0469. The van der Waals surface area contributed by atoms with Gasteiger partial charge in [0.15, 0.2) is 0 Å². The second-order valence-electron chi connectivity index (χ2n) is 18.5. The zero-order valence-electron chi connectivity index (χ0n) is 37.3. The summed E-state index contributed by atoms with van der Waals surface area (Å²) in [7, 11) is 8.24. The van der Waals surface area contributed by atoms with Gasteiger partial charge >= 0.3 is 5.97 Å². The minimum Gasteiger partial charge on any atom is -0.481 e. The van der Waals surface area contributed by atoms with Crippen molar-refractivity contribution in [3.05, 3.63) is 23.4 Å². The average Bonchev–Trinajstić information content (AvgIpc) is 3.98. The maximum Gasteiger partial charge on any atom is 0.304 e. The standard InChI is InChI=1S/C22H37N5O4.C22H36N4O4/c1-26(2)18-11-13-27(14-12-18)22(29)20-23-21(31-25-20)17(15-19(28)24-30)10-6-9-16-7-4-3-5-8-16;1-25(2)18-11-13-26(14-12-18)22(29)20-23-21(30-24-20)17(15-19(27)28)10-6-9-16-7-4-3-5-8-16/h16-18,30H,3-15H2,1-2H3,(H,24,28);16-18H,3-15H2,1-2H3,(H,27,28)/t2*17-/m11/s1. The van der Waals surface area contributed by atoms with E-state index in [9.17, 15) is 24.3 Å². The second kappa shape index (κ2) is 24.6. The first-order chi connectivity index (χ1) is 29.4. The molecule has 0 unspecified atom stereocenters. The highest BCUT2D eigenvalue weighted by Gasteiger charge is 2.32. The molecule has 4 aliphatic rings.